The first-order chi connectivity index (χ1) is 16.3. The van der Waals surface area contributed by atoms with E-state index in [1.165, 1.54) is 33.4 Å². The maximum atomic E-state index is 2.39. The molecule has 7 rings (SSSR count). The fourth-order valence-electron chi connectivity index (χ4n) is 7.55. The van der Waals surface area contributed by atoms with Crippen molar-refractivity contribution < 1.29 is 0 Å². The van der Waals surface area contributed by atoms with Gasteiger partial charge < -0.3 is 0 Å². The summed E-state index contributed by atoms with van der Waals surface area (Å²) in [6.07, 6.45) is 3.45. The van der Waals surface area contributed by atoms with Crippen LogP contribution in [-0.2, 0) is 0 Å². The summed E-state index contributed by atoms with van der Waals surface area (Å²) in [6.45, 7) is 7.13. The molecule has 33 heavy (non-hydrogen) atoms. The number of fused-ring (bicyclic) bond motifs is 12. The molecule has 0 N–H and O–H groups in total. The second-order valence-electron chi connectivity index (χ2n) is 10.0. The van der Waals surface area contributed by atoms with E-state index >= 15 is 0 Å². The molecule has 3 aliphatic carbocycles. The van der Waals surface area contributed by atoms with Crippen molar-refractivity contribution in [3.63, 3.8) is 0 Å². The highest BCUT2D eigenvalue weighted by Gasteiger charge is 2.44. The third-order valence-electron chi connectivity index (χ3n) is 8.70. The van der Waals surface area contributed by atoms with Crippen LogP contribution in [0.4, 0.5) is 0 Å². The fraction of sp³-hybridized carbons (Fsp3) is 0.273. The normalized spacial score (nSPS) is 20.6. The second kappa shape index (κ2) is 6.94. The molecule has 0 unspecified atom stereocenters. The molecule has 0 aromatic heterocycles. The third kappa shape index (κ3) is 2.27. The van der Waals surface area contributed by atoms with Gasteiger partial charge in [-0.05, 0) is 86.0 Å². The third-order valence-corrected chi connectivity index (χ3v) is 8.70. The Morgan fingerprint density at radius 2 is 0.697 bits per heavy atom. The van der Waals surface area contributed by atoms with Crippen molar-refractivity contribution in [2.75, 3.05) is 0 Å². The number of benzene rings is 4. The lowest BCUT2D eigenvalue weighted by atomic mass is 9.79. The summed E-state index contributed by atoms with van der Waals surface area (Å²) in [4.78, 5) is 0. The molecule has 0 nitrogen and oxygen atoms in total. The van der Waals surface area contributed by atoms with Crippen molar-refractivity contribution in [2.45, 2.75) is 57.8 Å². The van der Waals surface area contributed by atoms with Crippen molar-refractivity contribution >= 4 is 0 Å². The van der Waals surface area contributed by atoms with Crippen LogP contribution in [0, 0.1) is 0 Å². The number of rotatable bonds is 3. The molecule has 3 aliphatic rings. The van der Waals surface area contributed by atoms with E-state index in [2.05, 4.69) is 93.6 Å². The standard InChI is InChI=1S/C33H30/c1-4-19-22-13-7-10-16-25(22)31-28(19)32-26-17-11-8-14-23(26)20(5-2)30(32)33-27-18-12-9-15-24(27)21(6-3)29(31)33/h7-21H,4-6H2,1-3H3/t19-,20-,21-/m1/s1. The first kappa shape index (κ1) is 19.4. The molecule has 0 saturated carbocycles. The Morgan fingerprint density at radius 3 is 0.970 bits per heavy atom. The fourth-order valence-corrected chi connectivity index (χ4v) is 7.55. The van der Waals surface area contributed by atoms with Crippen LogP contribution in [0.5, 0.6) is 0 Å². The molecule has 0 amide bonds. The summed E-state index contributed by atoms with van der Waals surface area (Å²) in [7, 11) is 0. The maximum absolute atomic E-state index is 2.39. The quantitative estimate of drug-likeness (QED) is 0.306. The van der Waals surface area contributed by atoms with Crippen LogP contribution in [0.1, 0.15) is 91.2 Å². The van der Waals surface area contributed by atoms with Crippen LogP contribution in [0.2, 0.25) is 0 Å². The second-order valence-corrected chi connectivity index (χ2v) is 10.0. The van der Waals surface area contributed by atoms with Crippen LogP contribution in [0.3, 0.4) is 0 Å². The first-order valence-electron chi connectivity index (χ1n) is 12.8. The van der Waals surface area contributed by atoms with Gasteiger partial charge in [-0.3, -0.25) is 0 Å². The summed E-state index contributed by atoms with van der Waals surface area (Å²) in [5.74, 6) is 1.46. The van der Waals surface area contributed by atoms with Crippen molar-refractivity contribution in [1.82, 2.24) is 0 Å². The lowest BCUT2D eigenvalue weighted by Gasteiger charge is -2.24. The van der Waals surface area contributed by atoms with E-state index in [-0.39, 0.29) is 0 Å². The zero-order chi connectivity index (χ0) is 22.3. The van der Waals surface area contributed by atoms with Gasteiger partial charge in [-0.15, -0.1) is 0 Å². The van der Waals surface area contributed by atoms with Crippen molar-refractivity contribution in [2.24, 2.45) is 0 Å². The molecule has 0 fully saturated rings. The molecule has 0 heteroatoms. The van der Waals surface area contributed by atoms with E-state index in [4.69, 9.17) is 0 Å². The highest BCUT2D eigenvalue weighted by Crippen LogP contribution is 2.65. The largest absolute Gasteiger partial charge is 0.0645 e. The lowest BCUT2D eigenvalue weighted by Crippen LogP contribution is -2.05. The molecule has 4 aromatic carbocycles. The van der Waals surface area contributed by atoms with Gasteiger partial charge in [0.15, 0.2) is 0 Å². The minimum absolute atomic E-state index is 0.486. The average Bonchev–Trinajstić information content (AvgIpc) is 3.48. The van der Waals surface area contributed by atoms with Gasteiger partial charge in [-0.1, -0.05) is 93.6 Å². The predicted octanol–water partition coefficient (Wildman–Crippen LogP) is 9.25. The molecule has 0 aliphatic heterocycles. The van der Waals surface area contributed by atoms with Crippen molar-refractivity contribution in [3.05, 3.63) is 106 Å². The molecule has 0 saturated heterocycles. The Hall–Kier alpha value is -3.12. The zero-order valence-corrected chi connectivity index (χ0v) is 19.8. The summed E-state index contributed by atoms with van der Waals surface area (Å²) >= 11 is 0. The molecule has 0 spiro atoms. The summed E-state index contributed by atoms with van der Waals surface area (Å²) in [5.41, 5.74) is 18.7. The van der Waals surface area contributed by atoms with Gasteiger partial charge in [0.1, 0.15) is 0 Å². The van der Waals surface area contributed by atoms with Crippen LogP contribution in [0.25, 0.3) is 33.4 Å². The van der Waals surface area contributed by atoms with E-state index in [1.54, 1.807) is 33.4 Å². The van der Waals surface area contributed by atoms with Crippen LogP contribution in [0.15, 0.2) is 72.8 Å². The van der Waals surface area contributed by atoms with Crippen LogP contribution < -0.4 is 0 Å². The Morgan fingerprint density at radius 1 is 0.424 bits per heavy atom. The summed E-state index contributed by atoms with van der Waals surface area (Å²) in [5, 5.41) is 0. The molecular weight excluding hydrogens is 396 g/mol. The van der Waals surface area contributed by atoms with Crippen molar-refractivity contribution in [1.29, 1.82) is 0 Å². The SMILES string of the molecule is CC[C@@H]1c2ccccc2-c2c1c1c(c3c2[C@H](CC)c2ccccc2-3)[C@H](CC)c2ccccc2-1. The van der Waals surface area contributed by atoms with Gasteiger partial charge in [0, 0.05) is 17.8 Å². The van der Waals surface area contributed by atoms with E-state index < -0.39 is 0 Å². The minimum Gasteiger partial charge on any atom is -0.0645 e. The smallest absolute Gasteiger partial charge is 0.0105 e. The Labute approximate surface area is 197 Å². The predicted molar refractivity (Wildman–Crippen MR) is 139 cm³/mol. The number of hydrogen-bond acceptors (Lipinski definition) is 0. The van der Waals surface area contributed by atoms with Gasteiger partial charge in [0.05, 0.1) is 0 Å². The van der Waals surface area contributed by atoms with Crippen molar-refractivity contribution in [3.8, 4) is 33.4 Å². The van der Waals surface area contributed by atoms with Gasteiger partial charge >= 0.3 is 0 Å². The summed E-state index contributed by atoms with van der Waals surface area (Å²) < 4.78 is 0. The highest BCUT2D eigenvalue weighted by atomic mass is 14.5. The van der Waals surface area contributed by atoms with Crippen LogP contribution >= 0.6 is 0 Å². The molecule has 4 aromatic rings. The molecule has 0 heterocycles. The first-order valence-corrected chi connectivity index (χ1v) is 12.8. The lowest BCUT2D eigenvalue weighted by molar-refractivity contribution is 0.774. The maximum Gasteiger partial charge on any atom is 0.0105 e. The van der Waals surface area contributed by atoms with E-state index in [9.17, 15) is 0 Å². The number of hydrogen-bond donors (Lipinski definition) is 0. The van der Waals surface area contributed by atoms with Gasteiger partial charge in [-0.2, -0.15) is 0 Å². The van der Waals surface area contributed by atoms with Gasteiger partial charge in [-0.25, -0.2) is 0 Å². The Bertz CT molecular complexity index is 1240. The average molecular weight is 427 g/mol. The molecule has 0 bridgehead atoms. The molecule has 0 radical (unpaired) electrons. The molecular formula is C33H30. The zero-order valence-electron chi connectivity index (χ0n) is 19.8. The van der Waals surface area contributed by atoms with Gasteiger partial charge in [0.25, 0.3) is 0 Å². The summed E-state index contributed by atoms with van der Waals surface area (Å²) in [6, 6.07) is 27.8. The Kier molecular flexibility index (Phi) is 4.07. The van der Waals surface area contributed by atoms with Crippen LogP contribution in [-0.4, -0.2) is 0 Å². The monoisotopic (exact) mass is 426 g/mol. The topological polar surface area (TPSA) is 0 Å². The van der Waals surface area contributed by atoms with E-state index in [1.807, 2.05) is 0 Å². The van der Waals surface area contributed by atoms with E-state index in [0.717, 1.165) is 19.3 Å². The Balaban J connectivity index is 1.72. The van der Waals surface area contributed by atoms with Gasteiger partial charge in [0.2, 0.25) is 0 Å². The highest BCUT2D eigenvalue weighted by molar-refractivity contribution is 6.02. The minimum atomic E-state index is 0.486. The van der Waals surface area contributed by atoms with E-state index in [0.29, 0.717) is 17.8 Å². The molecule has 162 valence electrons. The molecule has 3 atom stereocenters.